The van der Waals surface area contributed by atoms with Gasteiger partial charge < -0.3 is 5.32 Å². The summed E-state index contributed by atoms with van der Waals surface area (Å²) < 4.78 is 1.82. The predicted octanol–water partition coefficient (Wildman–Crippen LogP) is 1.09. The zero-order chi connectivity index (χ0) is 9.80. The molecule has 76 valence electrons. The lowest BCUT2D eigenvalue weighted by Gasteiger charge is -2.12. The van der Waals surface area contributed by atoms with Gasteiger partial charge in [0.05, 0.1) is 18.1 Å². The maximum atomic E-state index is 4.42. The van der Waals surface area contributed by atoms with Crippen molar-refractivity contribution in [3.63, 3.8) is 0 Å². The fraction of sp³-hybridized carbons (Fsp3) is 0.600. The molecule has 1 aromatic heterocycles. The van der Waals surface area contributed by atoms with E-state index >= 15 is 0 Å². The molecule has 0 aromatic carbocycles. The molecule has 0 saturated heterocycles. The zero-order valence-electron chi connectivity index (χ0n) is 8.53. The molecule has 4 heteroatoms. The van der Waals surface area contributed by atoms with Crippen molar-refractivity contribution in [2.45, 2.75) is 25.8 Å². The van der Waals surface area contributed by atoms with Crippen molar-refractivity contribution in [1.29, 1.82) is 0 Å². The van der Waals surface area contributed by atoms with Crippen LogP contribution in [0, 0.1) is 0 Å². The van der Waals surface area contributed by atoms with Gasteiger partial charge in [-0.2, -0.15) is 5.10 Å². The summed E-state index contributed by atoms with van der Waals surface area (Å²) in [6, 6.07) is 2.02. The molecule has 1 aromatic rings. The fourth-order valence-electron chi connectivity index (χ4n) is 1.59. The van der Waals surface area contributed by atoms with Gasteiger partial charge in [0.2, 0.25) is 0 Å². The number of amidine groups is 1. The van der Waals surface area contributed by atoms with Crippen LogP contribution in [-0.2, 0) is 13.6 Å². The van der Waals surface area contributed by atoms with Crippen molar-refractivity contribution in [3.05, 3.63) is 18.0 Å². The Morgan fingerprint density at radius 3 is 3.07 bits per heavy atom. The van der Waals surface area contributed by atoms with Crippen molar-refractivity contribution in [2.24, 2.45) is 12.0 Å². The van der Waals surface area contributed by atoms with Crippen LogP contribution in [0.5, 0.6) is 0 Å². The first kappa shape index (κ1) is 9.24. The minimum absolute atomic E-state index is 0.791. The second kappa shape index (κ2) is 4.26. The number of aryl methyl sites for hydroxylation is 1. The summed E-state index contributed by atoms with van der Waals surface area (Å²) in [6.07, 6.45) is 5.54. The van der Waals surface area contributed by atoms with Gasteiger partial charge in [-0.15, -0.1) is 0 Å². The summed E-state index contributed by atoms with van der Waals surface area (Å²) >= 11 is 0. The molecule has 0 amide bonds. The fourth-order valence-corrected chi connectivity index (χ4v) is 1.59. The van der Waals surface area contributed by atoms with Crippen LogP contribution in [0.3, 0.4) is 0 Å². The molecule has 0 radical (unpaired) electrons. The highest BCUT2D eigenvalue weighted by molar-refractivity contribution is 5.82. The summed E-state index contributed by atoms with van der Waals surface area (Å²) in [7, 11) is 1.93. The highest BCUT2D eigenvalue weighted by atomic mass is 15.3. The number of aromatic nitrogens is 2. The normalized spacial score (nSPS) is 16.5. The molecule has 4 nitrogen and oxygen atoms in total. The van der Waals surface area contributed by atoms with Gasteiger partial charge in [0.25, 0.3) is 0 Å². The van der Waals surface area contributed by atoms with E-state index in [-0.39, 0.29) is 0 Å². The Balaban J connectivity index is 1.84. The minimum atomic E-state index is 0.791. The Hall–Kier alpha value is -1.32. The van der Waals surface area contributed by atoms with E-state index in [2.05, 4.69) is 15.4 Å². The first-order chi connectivity index (χ1) is 6.84. The molecule has 14 heavy (non-hydrogen) atoms. The van der Waals surface area contributed by atoms with Crippen LogP contribution in [-0.4, -0.2) is 22.2 Å². The molecule has 0 atom stereocenters. The summed E-state index contributed by atoms with van der Waals surface area (Å²) in [5.41, 5.74) is 1.07. The third-order valence-corrected chi connectivity index (χ3v) is 2.37. The topological polar surface area (TPSA) is 42.2 Å². The van der Waals surface area contributed by atoms with Gasteiger partial charge in [-0.05, 0) is 18.9 Å². The molecule has 0 bridgehead atoms. The summed E-state index contributed by atoms with van der Waals surface area (Å²) in [4.78, 5) is 4.42. The average molecular weight is 192 g/mol. The highest BCUT2D eigenvalue weighted by Gasteiger charge is 2.04. The third-order valence-electron chi connectivity index (χ3n) is 2.37. The molecule has 0 fully saturated rings. The Labute approximate surface area is 84.0 Å². The Bertz CT molecular complexity index is 327. The van der Waals surface area contributed by atoms with Crippen LogP contribution in [0.2, 0.25) is 0 Å². The summed E-state index contributed by atoms with van der Waals surface area (Å²) in [5, 5.41) is 7.62. The SMILES string of the molecule is Cn1ccc(CNC2=NCCCC2)n1. The van der Waals surface area contributed by atoms with Crippen LogP contribution in [0.1, 0.15) is 25.0 Å². The number of nitrogens with zero attached hydrogens (tertiary/aromatic N) is 3. The van der Waals surface area contributed by atoms with Gasteiger partial charge in [-0.3, -0.25) is 9.67 Å². The number of aliphatic imine (C=N–C) groups is 1. The molecular weight excluding hydrogens is 176 g/mol. The smallest absolute Gasteiger partial charge is 0.0966 e. The first-order valence-electron chi connectivity index (χ1n) is 5.10. The van der Waals surface area contributed by atoms with E-state index in [1.807, 2.05) is 24.0 Å². The van der Waals surface area contributed by atoms with Crippen molar-refractivity contribution in [3.8, 4) is 0 Å². The molecular formula is C10H16N4. The molecule has 1 N–H and O–H groups in total. The number of hydrogen-bond acceptors (Lipinski definition) is 3. The van der Waals surface area contributed by atoms with Crippen LogP contribution < -0.4 is 5.32 Å². The maximum absolute atomic E-state index is 4.42. The molecule has 1 aliphatic rings. The van der Waals surface area contributed by atoms with Crippen LogP contribution in [0.15, 0.2) is 17.3 Å². The number of rotatable bonds is 2. The van der Waals surface area contributed by atoms with E-state index in [1.165, 1.54) is 12.8 Å². The third kappa shape index (κ3) is 2.34. The van der Waals surface area contributed by atoms with Crippen molar-refractivity contribution < 1.29 is 0 Å². The van der Waals surface area contributed by atoms with E-state index in [0.717, 1.165) is 31.0 Å². The van der Waals surface area contributed by atoms with E-state index in [4.69, 9.17) is 0 Å². The van der Waals surface area contributed by atoms with E-state index in [0.29, 0.717) is 0 Å². The highest BCUT2D eigenvalue weighted by Crippen LogP contribution is 2.04. The lowest BCUT2D eigenvalue weighted by molar-refractivity contribution is 0.691. The largest absolute Gasteiger partial charge is 0.368 e. The Morgan fingerprint density at radius 1 is 1.50 bits per heavy atom. The van der Waals surface area contributed by atoms with Gasteiger partial charge in [0.15, 0.2) is 0 Å². The molecule has 0 spiro atoms. The van der Waals surface area contributed by atoms with Crippen LogP contribution in [0.25, 0.3) is 0 Å². The standard InChI is InChI=1S/C10H16N4/c1-14-7-5-9(13-14)8-12-10-4-2-3-6-11-10/h5,7H,2-4,6,8H2,1H3,(H,11,12). The van der Waals surface area contributed by atoms with E-state index in [9.17, 15) is 0 Å². The van der Waals surface area contributed by atoms with Gasteiger partial charge in [0, 0.05) is 26.2 Å². The Kier molecular flexibility index (Phi) is 2.81. The first-order valence-corrected chi connectivity index (χ1v) is 5.10. The molecule has 0 unspecified atom stereocenters. The number of hydrogen-bond donors (Lipinski definition) is 1. The van der Waals surface area contributed by atoms with Crippen LogP contribution in [0.4, 0.5) is 0 Å². The van der Waals surface area contributed by atoms with Gasteiger partial charge in [0.1, 0.15) is 0 Å². The number of nitrogens with one attached hydrogen (secondary N) is 1. The van der Waals surface area contributed by atoms with Gasteiger partial charge in [-0.25, -0.2) is 0 Å². The quantitative estimate of drug-likeness (QED) is 0.762. The van der Waals surface area contributed by atoms with Crippen molar-refractivity contribution in [1.82, 2.24) is 15.1 Å². The van der Waals surface area contributed by atoms with E-state index in [1.54, 1.807) is 0 Å². The van der Waals surface area contributed by atoms with Gasteiger partial charge in [-0.1, -0.05) is 0 Å². The average Bonchev–Trinajstić information content (AvgIpc) is 2.63. The molecule has 0 saturated carbocycles. The monoisotopic (exact) mass is 192 g/mol. The molecule has 2 heterocycles. The molecule has 0 aliphatic carbocycles. The lowest BCUT2D eigenvalue weighted by atomic mass is 10.2. The maximum Gasteiger partial charge on any atom is 0.0966 e. The minimum Gasteiger partial charge on any atom is -0.368 e. The lowest BCUT2D eigenvalue weighted by Crippen LogP contribution is -2.25. The molecule has 1 aliphatic heterocycles. The second-order valence-electron chi connectivity index (χ2n) is 3.62. The summed E-state index contributed by atoms with van der Waals surface area (Å²) in [6.45, 7) is 1.77. The zero-order valence-corrected chi connectivity index (χ0v) is 8.53. The second-order valence-corrected chi connectivity index (χ2v) is 3.62. The van der Waals surface area contributed by atoms with E-state index < -0.39 is 0 Å². The molecule has 2 rings (SSSR count). The van der Waals surface area contributed by atoms with Crippen molar-refractivity contribution in [2.75, 3.05) is 6.54 Å². The van der Waals surface area contributed by atoms with Crippen LogP contribution >= 0.6 is 0 Å². The van der Waals surface area contributed by atoms with Gasteiger partial charge >= 0.3 is 0 Å². The summed E-state index contributed by atoms with van der Waals surface area (Å²) in [5.74, 6) is 1.14. The Morgan fingerprint density at radius 2 is 2.43 bits per heavy atom. The van der Waals surface area contributed by atoms with Crippen molar-refractivity contribution >= 4 is 5.84 Å². The predicted molar refractivity (Wildman–Crippen MR) is 56.2 cm³/mol.